The number of aliphatic imine (C=N–C) groups is 1. The Bertz CT molecular complexity index is 1460. The Hall–Kier alpha value is -4.67. The molecule has 0 spiro atoms. The third-order valence-electron chi connectivity index (χ3n) is 6.29. The molecule has 0 fully saturated rings. The molecule has 0 saturated heterocycles. The fraction of sp³-hybridized carbons (Fsp3) is 0.269. The number of aryl methyl sites for hydroxylation is 1. The summed E-state index contributed by atoms with van der Waals surface area (Å²) in [4.78, 5) is 28.7. The van der Waals surface area contributed by atoms with Gasteiger partial charge in [0.1, 0.15) is 18.1 Å². The summed E-state index contributed by atoms with van der Waals surface area (Å²) in [6.45, 7) is 1.97. The summed E-state index contributed by atoms with van der Waals surface area (Å²) in [5.41, 5.74) is 3.84. The number of allylic oxidation sites excluding steroid dienone is 2. The number of hydrogen-bond donors (Lipinski definition) is 1. The number of nitrogens with one attached hydrogen (secondary N) is 1. The van der Waals surface area contributed by atoms with Crippen molar-refractivity contribution < 1.29 is 28.5 Å². The number of methoxy groups -OCH3 is 2. The normalized spacial score (nSPS) is 16.4. The lowest BCUT2D eigenvalue weighted by Crippen LogP contribution is -2.29. The van der Waals surface area contributed by atoms with Gasteiger partial charge in [-0.05, 0) is 49.1 Å². The van der Waals surface area contributed by atoms with Gasteiger partial charge in [0, 0.05) is 24.3 Å². The van der Waals surface area contributed by atoms with Gasteiger partial charge in [-0.1, -0.05) is 5.16 Å². The van der Waals surface area contributed by atoms with Gasteiger partial charge in [-0.3, -0.25) is 19.9 Å². The zero-order chi connectivity index (χ0) is 26.1. The van der Waals surface area contributed by atoms with Crippen LogP contribution < -0.4 is 19.5 Å². The summed E-state index contributed by atoms with van der Waals surface area (Å²) in [6.07, 6.45) is 3.01. The predicted molar refractivity (Wildman–Crippen MR) is 135 cm³/mol. The van der Waals surface area contributed by atoms with Crippen molar-refractivity contribution in [2.24, 2.45) is 10.9 Å². The standard InChI is InChI=1S/C26H24N4O7/c1-14-8-17(29-37-14)13-36-25-12-20-21(11-24(25)35-3)28-26(31)18-6-4-15(9-19(18)27-20)16-5-7-22(30(32)33)23(10-16)34-2/h5,7-12,18H,4,6,13H2,1-3H3,(H,28,31). The maximum atomic E-state index is 13.1. The summed E-state index contributed by atoms with van der Waals surface area (Å²) in [6, 6.07) is 9.92. The largest absolute Gasteiger partial charge is 0.493 e. The van der Waals surface area contributed by atoms with E-state index in [0.717, 1.165) is 11.1 Å². The topological polar surface area (TPSA) is 138 Å². The second kappa shape index (κ2) is 9.76. The van der Waals surface area contributed by atoms with Crippen LogP contribution in [0.25, 0.3) is 5.57 Å². The Morgan fingerprint density at radius 1 is 1.14 bits per heavy atom. The zero-order valence-corrected chi connectivity index (χ0v) is 20.4. The fourth-order valence-electron chi connectivity index (χ4n) is 4.44. The molecule has 0 bridgehead atoms. The molecule has 1 aliphatic carbocycles. The number of nitro benzene ring substituents is 1. The molecule has 1 N–H and O–H groups in total. The van der Waals surface area contributed by atoms with Gasteiger partial charge in [0.25, 0.3) is 0 Å². The number of ether oxygens (including phenoxy) is 3. The molecule has 2 aliphatic rings. The third kappa shape index (κ3) is 4.75. The number of benzene rings is 2. The molecular formula is C26H24N4O7. The summed E-state index contributed by atoms with van der Waals surface area (Å²) < 4.78 is 21.7. The smallest absolute Gasteiger partial charge is 0.310 e. The summed E-state index contributed by atoms with van der Waals surface area (Å²) in [5, 5.41) is 18.2. The number of hydrogen-bond acceptors (Lipinski definition) is 9. The van der Waals surface area contributed by atoms with Crippen molar-refractivity contribution in [1.82, 2.24) is 5.16 Å². The number of anilines is 1. The van der Waals surface area contributed by atoms with Gasteiger partial charge in [-0.2, -0.15) is 0 Å². The summed E-state index contributed by atoms with van der Waals surface area (Å²) in [7, 11) is 2.91. The average Bonchev–Trinajstić information content (AvgIpc) is 3.26. The first kappa shape index (κ1) is 24.0. The van der Waals surface area contributed by atoms with E-state index in [1.807, 2.05) is 6.08 Å². The van der Waals surface area contributed by atoms with Crippen LogP contribution in [0.3, 0.4) is 0 Å². The lowest BCUT2D eigenvalue weighted by Gasteiger charge is -2.22. The minimum Gasteiger partial charge on any atom is -0.493 e. The van der Waals surface area contributed by atoms with Gasteiger partial charge in [0.15, 0.2) is 17.2 Å². The molecule has 190 valence electrons. The number of nitrogens with zero attached hydrogens (tertiary/aromatic N) is 3. The number of carbonyl (C=O) groups excluding carboxylic acids is 1. The van der Waals surface area contributed by atoms with Crippen LogP contribution in [0.5, 0.6) is 17.2 Å². The maximum Gasteiger partial charge on any atom is 0.310 e. The first-order chi connectivity index (χ1) is 17.9. The molecule has 2 heterocycles. The number of nitro groups is 1. The van der Waals surface area contributed by atoms with E-state index in [4.69, 9.17) is 23.7 Å². The minimum atomic E-state index is -0.484. The number of carbonyl (C=O) groups is 1. The van der Waals surface area contributed by atoms with Gasteiger partial charge >= 0.3 is 5.69 Å². The first-order valence-corrected chi connectivity index (χ1v) is 11.6. The van der Waals surface area contributed by atoms with E-state index in [0.29, 0.717) is 52.9 Å². The Morgan fingerprint density at radius 2 is 1.95 bits per heavy atom. The number of aromatic nitrogens is 1. The molecule has 3 aromatic rings. The van der Waals surface area contributed by atoms with Gasteiger partial charge in [0.05, 0.1) is 42.1 Å². The molecule has 1 aliphatic heterocycles. The average molecular weight is 504 g/mol. The molecule has 1 aromatic heterocycles. The number of amides is 1. The Balaban J connectivity index is 1.51. The Labute approximate surface area is 211 Å². The van der Waals surface area contributed by atoms with E-state index in [1.54, 1.807) is 37.3 Å². The van der Waals surface area contributed by atoms with Crippen molar-refractivity contribution in [2.75, 3.05) is 19.5 Å². The fourth-order valence-corrected chi connectivity index (χ4v) is 4.44. The molecule has 0 saturated carbocycles. The molecule has 11 nitrogen and oxygen atoms in total. The highest BCUT2D eigenvalue weighted by Gasteiger charge is 2.31. The lowest BCUT2D eigenvalue weighted by atomic mass is 9.84. The number of rotatable bonds is 7. The van der Waals surface area contributed by atoms with E-state index in [9.17, 15) is 14.9 Å². The van der Waals surface area contributed by atoms with E-state index in [-0.39, 0.29) is 24.0 Å². The zero-order valence-electron chi connectivity index (χ0n) is 20.4. The molecule has 11 heteroatoms. The van der Waals surface area contributed by atoms with Crippen LogP contribution in [0.4, 0.5) is 17.1 Å². The maximum absolute atomic E-state index is 13.1. The molecule has 2 aromatic carbocycles. The van der Waals surface area contributed by atoms with E-state index in [2.05, 4.69) is 10.5 Å². The van der Waals surface area contributed by atoms with Gasteiger partial charge in [-0.25, -0.2) is 0 Å². The van der Waals surface area contributed by atoms with Crippen LogP contribution in [0.15, 0.2) is 52.0 Å². The molecule has 1 atom stereocenters. The highest BCUT2D eigenvalue weighted by molar-refractivity contribution is 6.19. The molecule has 5 rings (SSSR count). The monoisotopic (exact) mass is 504 g/mol. The van der Waals surface area contributed by atoms with Crippen molar-refractivity contribution in [2.45, 2.75) is 26.4 Å². The number of fused-ring (bicyclic) bond motifs is 2. The Morgan fingerprint density at radius 3 is 2.65 bits per heavy atom. The van der Waals surface area contributed by atoms with Crippen LogP contribution in [0, 0.1) is 23.0 Å². The van der Waals surface area contributed by atoms with E-state index >= 15 is 0 Å². The van der Waals surface area contributed by atoms with Crippen LogP contribution in [-0.4, -0.2) is 35.9 Å². The Kier molecular flexibility index (Phi) is 6.34. The van der Waals surface area contributed by atoms with Crippen molar-refractivity contribution in [3.63, 3.8) is 0 Å². The van der Waals surface area contributed by atoms with Gasteiger partial charge < -0.3 is 24.1 Å². The SMILES string of the molecule is COc1cc2c(cc1OCc1cc(C)on1)N=C1C=C(c3ccc([N+](=O)[O-])c(OC)c3)CCC1C(=O)N2. The van der Waals surface area contributed by atoms with Crippen molar-refractivity contribution >= 4 is 34.3 Å². The van der Waals surface area contributed by atoms with Gasteiger partial charge in [-0.15, -0.1) is 0 Å². The quantitative estimate of drug-likeness (QED) is 0.350. The lowest BCUT2D eigenvalue weighted by molar-refractivity contribution is -0.385. The highest BCUT2D eigenvalue weighted by Crippen LogP contribution is 2.42. The van der Waals surface area contributed by atoms with Crippen LogP contribution >= 0.6 is 0 Å². The second-order valence-corrected chi connectivity index (χ2v) is 8.67. The van der Waals surface area contributed by atoms with E-state index in [1.165, 1.54) is 20.3 Å². The predicted octanol–water partition coefficient (Wildman–Crippen LogP) is 5.01. The molecule has 1 amide bonds. The van der Waals surface area contributed by atoms with E-state index < -0.39 is 10.8 Å². The molecule has 0 radical (unpaired) electrons. The van der Waals surface area contributed by atoms with Crippen molar-refractivity contribution in [1.29, 1.82) is 0 Å². The molecule has 37 heavy (non-hydrogen) atoms. The summed E-state index contributed by atoms with van der Waals surface area (Å²) in [5.74, 6) is 1.14. The van der Waals surface area contributed by atoms with Gasteiger partial charge in [0.2, 0.25) is 5.91 Å². The molecular weight excluding hydrogens is 480 g/mol. The van der Waals surface area contributed by atoms with Crippen LogP contribution in [-0.2, 0) is 11.4 Å². The minimum absolute atomic E-state index is 0.108. The van der Waals surface area contributed by atoms with Crippen LogP contribution in [0.2, 0.25) is 0 Å². The second-order valence-electron chi connectivity index (χ2n) is 8.67. The van der Waals surface area contributed by atoms with Crippen LogP contribution in [0.1, 0.15) is 29.9 Å². The first-order valence-electron chi connectivity index (χ1n) is 11.6. The highest BCUT2D eigenvalue weighted by atomic mass is 16.6. The molecule has 1 unspecified atom stereocenters. The van der Waals surface area contributed by atoms with Crippen molar-refractivity contribution in [3.8, 4) is 17.2 Å². The van der Waals surface area contributed by atoms with Crippen molar-refractivity contribution in [3.05, 3.63) is 69.6 Å². The summed E-state index contributed by atoms with van der Waals surface area (Å²) >= 11 is 0. The third-order valence-corrected chi connectivity index (χ3v) is 6.29.